The second-order valence-corrected chi connectivity index (χ2v) is 3.66. The number of pyridine rings is 1. The fraction of sp³-hybridized carbons (Fsp3) is 0. The van der Waals surface area contributed by atoms with Gasteiger partial charge in [0.1, 0.15) is 6.20 Å². The molecule has 0 unspecified atom stereocenters. The Bertz CT molecular complexity index is 571. The lowest BCUT2D eigenvalue weighted by atomic mass is 10.2. The lowest BCUT2D eigenvalue weighted by molar-refractivity contribution is -0.579. The van der Waals surface area contributed by atoms with Crippen molar-refractivity contribution >= 4 is 27.6 Å². The standard InChI is InChI=1S/C10H7N2S/c1-2-4-12-10(3-1)9-7-13-6-8(9)5-11-12/h1-7H/q+1. The van der Waals surface area contributed by atoms with E-state index >= 15 is 0 Å². The molecule has 0 atom stereocenters. The van der Waals surface area contributed by atoms with Crippen LogP contribution in [0.5, 0.6) is 0 Å². The third-order valence-electron chi connectivity index (χ3n) is 2.13. The highest BCUT2D eigenvalue weighted by Gasteiger charge is 2.07. The first-order valence-corrected chi connectivity index (χ1v) is 5.01. The Morgan fingerprint density at radius 1 is 1.23 bits per heavy atom. The van der Waals surface area contributed by atoms with Crippen molar-refractivity contribution in [2.24, 2.45) is 0 Å². The van der Waals surface area contributed by atoms with Crippen LogP contribution in [0, 0.1) is 0 Å². The van der Waals surface area contributed by atoms with E-state index < -0.39 is 0 Å². The second kappa shape index (κ2) is 2.50. The average molecular weight is 187 g/mol. The van der Waals surface area contributed by atoms with Crippen LogP contribution < -0.4 is 4.52 Å². The van der Waals surface area contributed by atoms with Gasteiger partial charge in [0.15, 0.2) is 0 Å². The van der Waals surface area contributed by atoms with Gasteiger partial charge in [0.2, 0.25) is 11.7 Å². The van der Waals surface area contributed by atoms with Crippen molar-refractivity contribution in [3.8, 4) is 0 Å². The van der Waals surface area contributed by atoms with E-state index in [0.29, 0.717) is 0 Å². The maximum Gasteiger partial charge on any atom is 0.246 e. The van der Waals surface area contributed by atoms with E-state index in [4.69, 9.17) is 0 Å². The molecule has 0 saturated heterocycles. The highest BCUT2D eigenvalue weighted by Crippen LogP contribution is 2.19. The Morgan fingerprint density at radius 3 is 3.23 bits per heavy atom. The van der Waals surface area contributed by atoms with Crippen LogP contribution in [-0.2, 0) is 0 Å². The van der Waals surface area contributed by atoms with Crippen LogP contribution in [0.4, 0.5) is 0 Å². The van der Waals surface area contributed by atoms with Gasteiger partial charge in [0.05, 0.1) is 5.39 Å². The van der Waals surface area contributed by atoms with E-state index in [-0.39, 0.29) is 0 Å². The normalized spacial score (nSPS) is 11.1. The number of thiophene rings is 1. The molecule has 3 rings (SSSR count). The number of hydrogen-bond acceptors (Lipinski definition) is 2. The largest absolute Gasteiger partial charge is 0.246 e. The Kier molecular flexibility index (Phi) is 1.34. The summed E-state index contributed by atoms with van der Waals surface area (Å²) in [5.74, 6) is 0. The summed E-state index contributed by atoms with van der Waals surface area (Å²) in [6.07, 6.45) is 3.87. The first kappa shape index (κ1) is 6.97. The van der Waals surface area contributed by atoms with Gasteiger partial charge in [-0.1, -0.05) is 4.52 Å². The molecule has 3 aromatic heterocycles. The topological polar surface area (TPSA) is 17.0 Å². The van der Waals surface area contributed by atoms with Crippen LogP contribution in [-0.4, -0.2) is 5.10 Å². The summed E-state index contributed by atoms with van der Waals surface area (Å²) in [6.45, 7) is 0. The summed E-state index contributed by atoms with van der Waals surface area (Å²) in [4.78, 5) is 0. The highest BCUT2D eigenvalue weighted by atomic mass is 32.1. The summed E-state index contributed by atoms with van der Waals surface area (Å²) < 4.78 is 1.90. The van der Waals surface area contributed by atoms with Gasteiger partial charge in [-0.15, -0.1) is 0 Å². The summed E-state index contributed by atoms with van der Waals surface area (Å²) in [6, 6.07) is 6.11. The quantitative estimate of drug-likeness (QED) is 0.492. The molecule has 0 aliphatic carbocycles. The van der Waals surface area contributed by atoms with E-state index in [2.05, 4.69) is 21.9 Å². The van der Waals surface area contributed by atoms with Crippen molar-refractivity contribution in [3.63, 3.8) is 0 Å². The number of rotatable bonds is 0. The molecule has 0 fully saturated rings. The zero-order chi connectivity index (χ0) is 8.67. The number of fused-ring (bicyclic) bond motifs is 3. The second-order valence-electron chi connectivity index (χ2n) is 2.92. The fourth-order valence-electron chi connectivity index (χ4n) is 1.49. The predicted octanol–water partition coefficient (Wildman–Crippen LogP) is 2.03. The van der Waals surface area contributed by atoms with Crippen molar-refractivity contribution in [1.82, 2.24) is 5.10 Å². The van der Waals surface area contributed by atoms with Gasteiger partial charge >= 0.3 is 0 Å². The van der Waals surface area contributed by atoms with Crippen molar-refractivity contribution in [2.75, 3.05) is 0 Å². The molecule has 3 heterocycles. The molecule has 2 nitrogen and oxygen atoms in total. The molecule has 0 radical (unpaired) electrons. The van der Waals surface area contributed by atoms with Crippen molar-refractivity contribution < 1.29 is 4.52 Å². The number of hydrogen-bond donors (Lipinski definition) is 0. The minimum atomic E-state index is 1.17. The lowest BCUT2D eigenvalue weighted by Gasteiger charge is -1.88. The van der Waals surface area contributed by atoms with Crippen LogP contribution in [0.2, 0.25) is 0 Å². The first-order valence-electron chi connectivity index (χ1n) is 4.07. The average Bonchev–Trinajstić information content (AvgIpc) is 2.65. The van der Waals surface area contributed by atoms with Crippen LogP contribution in [0.25, 0.3) is 16.3 Å². The highest BCUT2D eigenvalue weighted by molar-refractivity contribution is 7.09. The Hall–Kier alpha value is -1.48. The lowest BCUT2D eigenvalue weighted by Crippen LogP contribution is -2.25. The molecule has 13 heavy (non-hydrogen) atoms. The number of nitrogens with zero attached hydrogens (tertiary/aromatic N) is 2. The zero-order valence-electron chi connectivity index (χ0n) is 6.84. The molecule has 0 spiro atoms. The summed E-state index contributed by atoms with van der Waals surface area (Å²) in [5, 5.41) is 11.1. The summed E-state index contributed by atoms with van der Waals surface area (Å²) in [7, 11) is 0. The molecule has 0 aliphatic rings. The van der Waals surface area contributed by atoms with Crippen LogP contribution in [0.15, 0.2) is 41.4 Å². The first-order chi connectivity index (χ1) is 6.45. The maximum absolute atomic E-state index is 4.30. The monoisotopic (exact) mass is 187 g/mol. The van der Waals surface area contributed by atoms with Gasteiger partial charge < -0.3 is 0 Å². The molecule has 0 N–H and O–H groups in total. The minimum Gasteiger partial charge on any atom is -0.151 e. The Balaban J connectivity index is 2.65. The fourth-order valence-corrected chi connectivity index (χ4v) is 2.28. The van der Waals surface area contributed by atoms with E-state index in [9.17, 15) is 0 Å². The molecular weight excluding hydrogens is 180 g/mol. The molecule has 0 amide bonds. The molecule has 0 aliphatic heterocycles. The van der Waals surface area contributed by atoms with Gasteiger partial charge in [0, 0.05) is 28.3 Å². The van der Waals surface area contributed by atoms with Gasteiger partial charge in [-0.05, 0) is 11.2 Å². The Morgan fingerprint density at radius 2 is 2.23 bits per heavy atom. The third-order valence-corrected chi connectivity index (χ3v) is 2.89. The van der Waals surface area contributed by atoms with Gasteiger partial charge in [-0.3, -0.25) is 0 Å². The summed E-state index contributed by atoms with van der Waals surface area (Å²) >= 11 is 1.71. The van der Waals surface area contributed by atoms with Crippen LogP contribution >= 0.6 is 11.3 Å². The Labute approximate surface area is 79.1 Å². The van der Waals surface area contributed by atoms with Crippen LogP contribution in [0.3, 0.4) is 0 Å². The van der Waals surface area contributed by atoms with E-state index in [1.54, 1.807) is 11.3 Å². The van der Waals surface area contributed by atoms with Gasteiger partial charge in [-0.25, -0.2) is 0 Å². The van der Waals surface area contributed by atoms with Crippen molar-refractivity contribution in [3.05, 3.63) is 41.4 Å². The summed E-state index contributed by atoms with van der Waals surface area (Å²) in [5.41, 5.74) is 1.17. The smallest absolute Gasteiger partial charge is 0.151 e. The molecule has 0 aromatic carbocycles. The maximum atomic E-state index is 4.30. The van der Waals surface area contributed by atoms with E-state index in [0.717, 1.165) is 0 Å². The molecule has 0 saturated carbocycles. The SMILES string of the molecule is c1cc[n+]2ncc3cscc3c2c1. The van der Waals surface area contributed by atoms with Crippen molar-refractivity contribution in [2.45, 2.75) is 0 Å². The predicted molar refractivity (Wildman–Crippen MR) is 52.8 cm³/mol. The molecular formula is C10H7N2S+. The molecule has 3 heteroatoms. The number of aromatic nitrogens is 2. The van der Waals surface area contributed by atoms with E-state index in [1.165, 1.54) is 16.3 Å². The zero-order valence-corrected chi connectivity index (χ0v) is 7.66. The van der Waals surface area contributed by atoms with Gasteiger partial charge in [-0.2, -0.15) is 11.3 Å². The van der Waals surface area contributed by atoms with Gasteiger partial charge in [0.25, 0.3) is 0 Å². The molecule has 3 aromatic rings. The third kappa shape index (κ3) is 0.939. The molecule has 0 bridgehead atoms. The minimum absolute atomic E-state index is 1.17. The van der Waals surface area contributed by atoms with E-state index in [1.807, 2.05) is 29.0 Å². The van der Waals surface area contributed by atoms with Crippen LogP contribution in [0.1, 0.15) is 0 Å². The molecule has 62 valence electrons. The van der Waals surface area contributed by atoms with Crippen molar-refractivity contribution in [1.29, 1.82) is 0 Å².